The van der Waals surface area contributed by atoms with Crippen LogP contribution in [-0.4, -0.2) is 32.6 Å². The minimum atomic E-state index is -3.97. The number of furan rings is 1. The van der Waals surface area contributed by atoms with Gasteiger partial charge in [-0.05, 0) is 63.9 Å². The van der Waals surface area contributed by atoms with Gasteiger partial charge in [-0.2, -0.15) is 4.72 Å². The van der Waals surface area contributed by atoms with Crippen molar-refractivity contribution < 1.29 is 22.4 Å². The lowest BCUT2D eigenvalue weighted by atomic mass is 10.1. The van der Waals surface area contributed by atoms with Gasteiger partial charge in [-0.3, -0.25) is 4.79 Å². The molecule has 0 amide bonds. The average molecular weight is 447 g/mol. The van der Waals surface area contributed by atoms with Crippen LogP contribution in [0.1, 0.15) is 41.5 Å². The van der Waals surface area contributed by atoms with Gasteiger partial charge in [0.05, 0.1) is 4.90 Å². The van der Waals surface area contributed by atoms with Crippen LogP contribution in [0, 0.1) is 5.92 Å². The first kappa shape index (κ1) is 23.1. The Bertz CT molecular complexity index is 1210. The Balaban J connectivity index is 1.95. The van der Waals surface area contributed by atoms with Gasteiger partial charge in [0.15, 0.2) is 0 Å². The van der Waals surface area contributed by atoms with Crippen LogP contribution >= 0.6 is 0 Å². The van der Waals surface area contributed by atoms with E-state index in [2.05, 4.69) is 10.0 Å². The molecule has 1 heterocycles. The van der Waals surface area contributed by atoms with Crippen molar-refractivity contribution in [1.29, 1.82) is 0 Å². The predicted octanol–water partition coefficient (Wildman–Crippen LogP) is 4.66. The zero-order valence-electron chi connectivity index (χ0n) is 18.8. The third kappa shape index (κ3) is 5.19. The minimum Gasteiger partial charge on any atom is -0.459 e. The molecule has 0 fully saturated rings. The summed E-state index contributed by atoms with van der Waals surface area (Å²) in [7, 11) is -3.97. The van der Waals surface area contributed by atoms with Crippen molar-refractivity contribution >= 4 is 43.6 Å². The fourth-order valence-corrected chi connectivity index (χ4v) is 4.64. The average Bonchev–Trinajstić information content (AvgIpc) is 3.02. The number of hydrogen-bond acceptors (Lipinski definition) is 6. The molecule has 0 saturated carbocycles. The Kier molecular flexibility index (Phi) is 6.34. The molecule has 1 aromatic heterocycles. The quantitative estimate of drug-likeness (QED) is 0.512. The van der Waals surface area contributed by atoms with E-state index in [1.165, 1.54) is 12.1 Å². The van der Waals surface area contributed by atoms with Gasteiger partial charge in [0.1, 0.15) is 22.8 Å². The number of sulfonamides is 1. The number of carbonyl (C=O) groups is 1. The number of benzene rings is 2. The summed E-state index contributed by atoms with van der Waals surface area (Å²) < 4.78 is 39.9. The van der Waals surface area contributed by atoms with E-state index in [1.54, 1.807) is 40.7 Å². The molecule has 7 nitrogen and oxygen atoms in total. The van der Waals surface area contributed by atoms with E-state index >= 15 is 0 Å². The zero-order valence-corrected chi connectivity index (χ0v) is 19.6. The fraction of sp³-hybridized carbons (Fsp3) is 0.435. The predicted molar refractivity (Wildman–Crippen MR) is 123 cm³/mol. The number of esters is 1. The first-order chi connectivity index (χ1) is 14.4. The van der Waals surface area contributed by atoms with Gasteiger partial charge in [-0.15, -0.1) is 0 Å². The molecule has 0 radical (unpaired) electrons. The van der Waals surface area contributed by atoms with E-state index in [0.29, 0.717) is 11.2 Å². The van der Waals surface area contributed by atoms with Crippen molar-refractivity contribution in [2.24, 2.45) is 5.92 Å². The Morgan fingerprint density at radius 3 is 2.39 bits per heavy atom. The molecule has 2 aromatic carbocycles. The molecule has 0 aliphatic heterocycles. The van der Waals surface area contributed by atoms with Crippen LogP contribution in [0.4, 0.5) is 5.69 Å². The summed E-state index contributed by atoms with van der Waals surface area (Å²) in [5.74, 6) is -0.893. The second kappa shape index (κ2) is 8.51. The van der Waals surface area contributed by atoms with Crippen LogP contribution in [0.25, 0.3) is 21.9 Å². The Morgan fingerprint density at radius 2 is 1.77 bits per heavy atom. The third-order valence-electron chi connectivity index (χ3n) is 4.74. The SMILES string of the molecule is CCNc1ccc2oc3cc(S(=O)(=O)N[C@H](C(=O)OC(C)(C)C)C(C)C)ccc3c2c1. The molecule has 8 heteroatoms. The number of nitrogens with one attached hydrogen (secondary N) is 2. The second-order valence-electron chi connectivity index (χ2n) is 8.88. The maximum absolute atomic E-state index is 13.0. The molecule has 3 rings (SSSR count). The summed E-state index contributed by atoms with van der Waals surface area (Å²) in [6, 6.07) is 9.48. The monoisotopic (exact) mass is 446 g/mol. The lowest BCUT2D eigenvalue weighted by molar-refractivity contribution is -0.158. The topological polar surface area (TPSA) is 97.6 Å². The molecule has 0 aliphatic rings. The normalized spacial score (nSPS) is 13.6. The summed E-state index contributed by atoms with van der Waals surface area (Å²) in [6.45, 7) is 11.6. The number of fused-ring (bicyclic) bond motifs is 3. The molecule has 1 atom stereocenters. The van der Waals surface area contributed by atoms with Crippen LogP contribution in [0.5, 0.6) is 0 Å². The van der Waals surface area contributed by atoms with Gasteiger partial charge < -0.3 is 14.5 Å². The molecule has 0 unspecified atom stereocenters. The van der Waals surface area contributed by atoms with Crippen LogP contribution in [0.3, 0.4) is 0 Å². The lowest BCUT2D eigenvalue weighted by Gasteiger charge is -2.26. The number of hydrogen-bond donors (Lipinski definition) is 2. The van der Waals surface area contributed by atoms with Gasteiger partial charge in [-0.1, -0.05) is 13.8 Å². The molecule has 168 valence electrons. The van der Waals surface area contributed by atoms with E-state index in [1.807, 2.05) is 25.1 Å². The van der Waals surface area contributed by atoms with Gasteiger partial charge in [-0.25, -0.2) is 8.42 Å². The highest BCUT2D eigenvalue weighted by Crippen LogP contribution is 2.32. The largest absolute Gasteiger partial charge is 0.459 e. The van der Waals surface area contributed by atoms with Crippen LogP contribution < -0.4 is 10.0 Å². The van der Waals surface area contributed by atoms with E-state index < -0.39 is 27.6 Å². The molecule has 3 aromatic rings. The summed E-state index contributed by atoms with van der Waals surface area (Å²) in [6.07, 6.45) is 0. The highest BCUT2D eigenvalue weighted by atomic mass is 32.2. The summed E-state index contributed by atoms with van der Waals surface area (Å²) in [5.41, 5.74) is 1.39. The van der Waals surface area contributed by atoms with Gasteiger partial charge in [0, 0.05) is 29.1 Å². The van der Waals surface area contributed by atoms with Crippen LogP contribution in [0.15, 0.2) is 45.7 Å². The molecule has 0 saturated heterocycles. The van der Waals surface area contributed by atoms with Crippen LogP contribution in [0.2, 0.25) is 0 Å². The molecule has 0 bridgehead atoms. The van der Waals surface area contributed by atoms with Crippen molar-refractivity contribution in [2.75, 3.05) is 11.9 Å². The smallest absolute Gasteiger partial charge is 0.324 e. The molecular weight excluding hydrogens is 416 g/mol. The van der Waals surface area contributed by atoms with Crippen molar-refractivity contribution in [3.63, 3.8) is 0 Å². The van der Waals surface area contributed by atoms with Gasteiger partial charge in [0.2, 0.25) is 10.0 Å². The molecule has 0 aliphatic carbocycles. The fourth-order valence-electron chi connectivity index (χ4n) is 3.30. The molecule has 2 N–H and O–H groups in total. The molecule has 0 spiro atoms. The highest BCUT2D eigenvalue weighted by molar-refractivity contribution is 7.89. The van der Waals surface area contributed by atoms with Crippen molar-refractivity contribution in [3.8, 4) is 0 Å². The third-order valence-corrected chi connectivity index (χ3v) is 6.18. The summed E-state index contributed by atoms with van der Waals surface area (Å²) in [5, 5.41) is 4.98. The van der Waals surface area contributed by atoms with Crippen LogP contribution in [-0.2, 0) is 19.6 Å². The maximum atomic E-state index is 13.0. The Hall–Kier alpha value is -2.58. The minimum absolute atomic E-state index is 0.0279. The summed E-state index contributed by atoms with van der Waals surface area (Å²) >= 11 is 0. The number of carbonyl (C=O) groups excluding carboxylic acids is 1. The van der Waals surface area contributed by atoms with Crippen molar-refractivity contribution in [2.45, 2.75) is 58.1 Å². The first-order valence-corrected chi connectivity index (χ1v) is 11.8. The second-order valence-corrected chi connectivity index (χ2v) is 10.6. The number of ether oxygens (including phenoxy) is 1. The summed E-state index contributed by atoms with van der Waals surface area (Å²) in [4.78, 5) is 12.6. The molecule has 31 heavy (non-hydrogen) atoms. The molecular formula is C23H30N2O5S. The highest BCUT2D eigenvalue weighted by Gasteiger charge is 2.32. The van der Waals surface area contributed by atoms with Gasteiger partial charge >= 0.3 is 5.97 Å². The Morgan fingerprint density at radius 1 is 1.06 bits per heavy atom. The first-order valence-electron chi connectivity index (χ1n) is 10.4. The van der Waals surface area contributed by atoms with Crippen molar-refractivity contribution in [1.82, 2.24) is 4.72 Å². The zero-order chi connectivity index (χ0) is 23.0. The van der Waals surface area contributed by atoms with E-state index in [0.717, 1.165) is 23.0 Å². The van der Waals surface area contributed by atoms with Gasteiger partial charge in [0.25, 0.3) is 0 Å². The number of rotatable bonds is 7. The number of anilines is 1. The standard InChI is InChI=1S/C23H30N2O5S/c1-7-24-15-8-11-19-18(12-15)17-10-9-16(13-20(17)29-19)31(27,28)25-21(14(2)3)22(26)30-23(4,5)6/h8-14,21,24-25H,7H2,1-6H3/t21-/m0/s1. The van der Waals surface area contributed by atoms with E-state index in [9.17, 15) is 13.2 Å². The Labute approximate surface area is 183 Å². The maximum Gasteiger partial charge on any atom is 0.324 e. The van der Waals surface area contributed by atoms with E-state index in [4.69, 9.17) is 9.15 Å². The van der Waals surface area contributed by atoms with E-state index in [-0.39, 0.29) is 10.8 Å². The lowest BCUT2D eigenvalue weighted by Crippen LogP contribution is -2.47. The van der Waals surface area contributed by atoms with Crippen molar-refractivity contribution in [3.05, 3.63) is 36.4 Å².